The first-order valence-electron chi connectivity index (χ1n) is 12.6. The molecular weight excluding hydrogens is 423 g/mol. The lowest BCUT2D eigenvalue weighted by Crippen LogP contribution is -2.48. The summed E-state index contributed by atoms with van der Waals surface area (Å²) >= 11 is 0. The second kappa shape index (κ2) is 9.69. The predicted molar refractivity (Wildman–Crippen MR) is 147 cm³/mol. The van der Waals surface area contributed by atoms with Crippen LogP contribution in [0.1, 0.15) is 130 Å². The number of rotatable bonds is 6. The Morgan fingerprint density at radius 2 is 1.33 bits per heavy atom. The van der Waals surface area contributed by atoms with Gasteiger partial charge in [0.2, 0.25) is 0 Å². The van der Waals surface area contributed by atoms with Crippen LogP contribution in [0.3, 0.4) is 0 Å². The van der Waals surface area contributed by atoms with E-state index in [-0.39, 0.29) is 10.3 Å². The molecule has 1 aromatic rings. The maximum atomic E-state index is 13.5. The van der Waals surface area contributed by atoms with Gasteiger partial charge in [-0.25, -0.2) is 0 Å². The van der Waals surface area contributed by atoms with Gasteiger partial charge in [0.15, 0.2) is 0 Å². The number of carbonyl (C=O) groups is 1. The van der Waals surface area contributed by atoms with Gasteiger partial charge in [-0.2, -0.15) is 0 Å². The molecule has 0 aliphatic heterocycles. The van der Waals surface area contributed by atoms with Crippen molar-refractivity contribution in [2.75, 3.05) is 0 Å². The molecule has 1 aliphatic rings. The minimum Gasteiger partial charge on any atom is -0.480 e. The fourth-order valence-electron chi connectivity index (χ4n) is 5.87. The van der Waals surface area contributed by atoms with Gasteiger partial charge in [0.25, 0.3) is 0 Å². The fraction of sp³-hybridized carbons (Fsp3) is 0.633. The summed E-state index contributed by atoms with van der Waals surface area (Å²) in [6.45, 7) is 26.9. The van der Waals surface area contributed by atoms with Crippen molar-refractivity contribution in [3.8, 4) is 0 Å². The van der Waals surface area contributed by atoms with Crippen LogP contribution in [-0.2, 0) is 4.79 Å². The summed E-state index contributed by atoms with van der Waals surface area (Å²) in [6, 6.07) is 4.69. The molecular formula is C30H47O2P. The monoisotopic (exact) mass is 470 g/mol. The van der Waals surface area contributed by atoms with Crippen LogP contribution in [0.25, 0.3) is 5.57 Å². The molecule has 2 rings (SSSR count). The van der Waals surface area contributed by atoms with Gasteiger partial charge in [0.1, 0.15) is 5.16 Å². The standard InChI is InChI=1S/C30H47O2P/c1-19(2)22-17-23(20(3)4)26(24(18-22)21(5)6)25-15-13-14-16-30(25,27(31)32)33(28(7,8)9)29(10,11)12/h13-15,17-21H,16H2,1-12H3,(H,31,32). The number of hydrogen-bond donors (Lipinski definition) is 1. The van der Waals surface area contributed by atoms with E-state index in [0.29, 0.717) is 24.2 Å². The van der Waals surface area contributed by atoms with E-state index in [1.807, 2.05) is 0 Å². The van der Waals surface area contributed by atoms with Crippen LogP contribution >= 0.6 is 7.92 Å². The van der Waals surface area contributed by atoms with Crippen LogP contribution in [0.15, 0.2) is 30.4 Å². The number of aliphatic carboxylic acids is 1. The number of benzene rings is 1. The lowest BCUT2D eigenvalue weighted by molar-refractivity contribution is -0.138. The Balaban J connectivity index is 3.06. The Labute approximate surface area is 204 Å². The van der Waals surface area contributed by atoms with Gasteiger partial charge in [-0.3, -0.25) is 4.79 Å². The average Bonchev–Trinajstić information content (AvgIpc) is 2.64. The maximum absolute atomic E-state index is 13.5. The lowest BCUT2D eigenvalue weighted by Gasteiger charge is -2.53. The summed E-state index contributed by atoms with van der Waals surface area (Å²) in [7, 11) is -0.950. The Morgan fingerprint density at radius 1 is 0.879 bits per heavy atom. The van der Waals surface area contributed by atoms with E-state index >= 15 is 0 Å². The zero-order valence-corrected chi connectivity index (χ0v) is 24.0. The first-order chi connectivity index (χ1) is 15.0. The van der Waals surface area contributed by atoms with Crippen molar-refractivity contribution in [3.63, 3.8) is 0 Å². The van der Waals surface area contributed by atoms with Crippen LogP contribution in [-0.4, -0.2) is 26.5 Å². The average molecular weight is 471 g/mol. The molecule has 1 aliphatic carbocycles. The van der Waals surface area contributed by atoms with E-state index in [0.717, 1.165) is 5.57 Å². The third-order valence-electron chi connectivity index (χ3n) is 6.74. The summed E-state index contributed by atoms with van der Waals surface area (Å²) in [6.07, 6.45) is 6.85. The van der Waals surface area contributed by atoms with Gasteiger partial charge >= 0.3 is 5.97 Å². The molecule has 0 bridgehead atoms. The molecule has 2 nitrogen and oxygen atoms in total. The van der Waals surface area contributed by atoms with Gasteiger partial charge in [-0.1, -0.05) is 121 Å². The van der Waals surface area contributed by atoms with Crippen LogP contribution in [0, 0.1) is 0 Å². The minimum absolute atomic E-state index is 0.121. The number of allylic oxidation sites excluding steroid dienone is 3. The summed E-state index contributed by atoms with van der Waals surface area (Å²) < 4.78 is 0. The van der Waals surface area contributed by atoms with Crippen molar-refractivity contribution in [3.05, 3.63) is 52.6 Å². The molecule has 184 valence electrons. The third-order valence-corrected chi connectivity index (χ3v) is 10.8. The molecule has 0 aromatic heterocycles. The molecule has 0 heterocycles. The number of carboxylic acids is 1. The molecule has 0 spiro atoms. The first kappa shape index (κ1) is 27.8. The smallest absolute Gasteiger partial charge is 0.318 e. The molecule has 1 N–H and O–H groups in total. The van der Waals surface area contributed by atoms with Crippen molar-refractivity contribution < 1.29 is 9.90 Å². The number of hydrogen-bond acceptors (Lipinski definition) is 1. The van der Waals surface area contributed by atoms with Crippen molar-refractivity contribution in [1.29, 1.82) is 0 Å². The molecule has 1 aromatic carbocycles. The van der Waals surface area contributed by atoms with E-state index in [4.69, 9.17) is 0 Å². The minimum atomic E-state index is -0.950. The van der Waals surface area contributed by atoms with E-state index in [9.17, 15) is 9.90 Å². The molecule has 0 saturated heterocycles. The Morgan fingerprint density at radius 3 is 1.67 bits per heavy atom. The summed E-state index contributed by atoms with van der Waals surface area (Å²) in [4.78, 5) is 13.5. The molecule has 1 unspecified atom stereocenters. The molecule has 33 heavy (non-hydrogen) atoms. The Bertz CT molecular complexity index is 892. The fourth-order valence-corrected chi connectivity index (χ4v) is 11.1. The summed E-state index contributed by atoms with van der Waals surface area (Å²) in [5.41, 5.74) is 6.13. The third kappa shape index (κ3) is 5.32. The summed E-state index contributed by atoms with van der Waals surface area (Å²) in [5.74, 6) is 0.376. The Hall–Kier alpha value is -1.40. The highest BCUT2D eigenvalue weighted by Crippen LogP contribution is 2.72. The second-order valence-electron chi connectivity index (χ2n) is 12.6. The highest BCUT2D eigenvalue weighted by atomic mass is 31.1. The van der Waals surface area contributed by atoms with Crippen molar-refractivity contribution in [1.82, 2.24) is 0 Å². The quantitative estimate of drug-likeness (QED) is 0.421. The molecule has 3 heteroatoms. The van der Waals surface area contributed by atoms with E-state index < -0.39 is 19.0 Å². The van der Waals surface area contributed by atoms with Crippen LogP contribution in [0.5, 0.6) is 0 Å². The van der Waals surface area contributed by atoms with Gasteiger partial charge < -0.3 is 5.11 Å². The molecule has 0 amide bonds. The van der Waals surface area contributed by atoms with Gasteiger partial charge in [0, 0.05) is 0 Å². The predicted octanol–water partition coefficient (Wildman–Crippen LogP) is 9.30. The molecule has 0 radical (unpaired) electrons. The van der Waals surface area contributed by atoms with Crippen LogP contribution < -0.4 is 0 Å². The molecule has 0 saturated carbocycles. The van der Waals surface area contributed by atoms with Gasteiger partial charge in [-0.15, -0.1) is 0 Å². The zero-order chi connectivity index (χ0) is 25.5. The van der Waals surface area contributed by atoms with Crippen molar-refractivity contribution in [2.24, 2.45) is 0 Å². The van der Waals surface area contributed by atoms with Crippen LogP contribution in [0.2, 0.25) is 0 Å². The Kier molecular flexibility index (Phi) is 8.18. The van der Waals surface area contributed by atoms with Gasteiger partial charge in [-0.05, 0) is 62.3 Å². The summed E-state index contributed by atoms with van der Waals surface area (Å²) in [5, 5.41) is 9.90. The van der Waals surface area contributed by atoms with E-state index in [2.05, 4.69) is 113 Å². The van der Waals surface area contributed by atoms with Gasteiger partial charge in [0.05, 0.1) is 0 Å². The molecule has 1 atom stereocenters. The highest BCUT2D eigenvalue weighted by molar-refractivity contribution is 7.64. The topological polar surface area (TPSA) is 37.3 Å². The van der Waals surface area contributed by atoms with Crippen molar-refractivity contribution in [2.45, 2.75) is 123 Å². The van der Waals surface area contributed by atoms with Crippen molar-refractivity contribution >= 4 is 19.5 Å². The lowest BCUT2D eigenvalue weighted by atomic mass is 9.76. The van der Waals surface area contributed by atoms with E-state index in [1.165, 1.54) is 22.3 Å². The first-order valence-corrected chi connectivity index (χ1v) is 13.9. The normalized spacial score (nSPS) is 19.7. The van der Waals surface area contributed by atoms with Crippen LogP contribution in [0.4, 0.5) is 0 Å². The highest BCUT2D eigenvalue weighted by Gasteiger charge is 2.57. The van der Waals surface area contributed by atoms with E-state index in [1.54, 1.807) is 0 Å². The zero-order valence-electron chi connectivity index (χ0n) is 23.1. The molecule has 0 fully saturated rings. The second-order valence-corrected chi connectivity index (χ2v) is 16.7. The maximum Gasteiger partial charge on any atom is 0.318 e. The number of carboxylic acid groups (broad SMARTS) is 1. The SMILES string of the molecule is CC(C)c1cc(C(C)C)c(C2=CC=CCC2(C(=O)O)P(C(C)(C)C)C(C)(C)C)c(C(C)C)c1. The largest absolute Gasteiger partial charge is 0.480 e.